The Morgan fingerprint density at radius 2 is 1.50 bits per heavy atom. The Morgan fingerprint density at radius 1 is 1.00 bits per heavy atom. The molecule has 0 unspecified atom stereocenters. The zero-order chi connectivity index (χ0) is 18.8. The van der Waals surface area contributed by atoms with E-state index in [0.717, 1.165) is 10.9 Å². The number of halogens is 1. The van der Waals surface area contributed by atoms with Crippen molar-refractivity contribution < 1.29 is 9.16 Å². The molecule has 0 aliphatic carbocycles. The standard InChI is InChI=1S/C22H27BrO2Si/c1-17(23)15-20-21(25-20)16-24-26(22(2,3)4,18-11-7-5-8-12-18)19-13-9-6-10-14-19/h5-14,20-21H,1,15-16H2,2-4H3/t20-,21-/m0/s1. The zero-order valence-corrected chi connectivity index (χ0v) is 18.3. The third-order valence-electron chi connectivity index (χ3n) is 4.99. The van der Waals surface area contributed by atoms with Gasteiger partial charge in [0.1, 0.15) is 6.10 Å². The van der Waals surface area contributed by atoms with E-state index in [1.165, 1.54) is 10.4 Å². The van der Waals surface area contributed by atoms with Crippen LogP contribution in [0.4, 0.5) is 0 Å². The summed E-state index contributed by atoms with van der Waals surface area (Å²) in [6, 6.07) is 21.5. The maximum Gasteiger partial charge on any atom is 0.261 e. The van der Waals surface area contributed by atoms with E-state index in [4.69, 9.17) is 9.16 Å². The van der Waals surface area contributed by atoms with Crippen molar-refractivity contribution in [2.24, 2.45) is 0 Å². The summed E-state index contributed by atoms with van der Waals surface area (Å²) >= 11 is 3.43. The van der Waals surface area contributed by atoms with E-state index >= 15 is 0 Å². The van der Waals surface area contributed by atoms with Gasteiger partial charge in [0.15, 0.2) is 0 Å². The number of ether oxygens (including phenoxy) is 1. The van der Waals surface area contributed by atoms with Crippen LogP contribution in [0.5, 0.6) is 0 Å². The molecule has 3 rings (SSSR count). The molecule has 1 fully saturated rings. The summed E-state index contributed by atoms with van der Waals surface area (Å²) in [5, 5.41) is 2.61. The lowest BCUT2D eigenvalue weighted by atomic mass is 10.2. The van der Waals surface area contributed by atoms with Gasteiger partial charge in [-0.2, -0.15) is 0 Å². The molecule has 4 heteroatoms. The van der Waals surface area contributed by atoms with Gasteiger partial charge < -0.3 is 9.16 Å². The van der Waals surface area contributed by atoms with Crippen LogP contribution in [0.3, 0.4) is 0 Å². The summed E-state index contributed by atoms with van der Waals surface area (Å²) in [5.41, 5.74) is 0. The maximum absolute atomic E-state index is 6.87. The topological polar surface area (TPSA) is 21.8 Å². The molecule has 2 nitrogen and oxygen atoms in total. The number of benzene rings is 2. The van der Waals surface area contributed by atoms with E-state index in [1.807, 2.05) is 0 Å². The molecule has 1 aliphatic rings. The van der Waals surface area contributed by atoms with Gasteiger partial charge in [0.2, 0.25) is 0 Å². The third kappa shape index (κ3) is 4.04. The molecule has 0 bridgehead atoms. The van der Waals surface area contributed by atoms with Crippen LogP contribution in [0.15, 0.2) is 71.7 Å². The molecule has 0 amide bonds. The van der Waals surface area contributed by atoms with Crippen molar-refractivity contribution >= 4 is 34.6 Å². The van der Waals surface area contributed by atoms with Crippen molar-refractivity contribution in [1.82, 2.24) is 0 Å². The molecule has 0 radical (unpaired) electrons. The van der Waals surface area contributed by atoms with E-state index in [2.05, 4.69) is 104 Å². The first kappa shape index (κ1) is 19.6. The van der Waals surface area contributed by atoms with Gasteiger partial charge in [-0.3, -0.25) is 0 Å². The number of hydrogen-bond acceptors (Lipinski definition) is 2. The molecule has 2 aromatic rings. The van der Waals surface area contributed by atoms with Crippen LogP contribution in [0.25, 0.3) is 0 Å². The van der Waals surface area contributed by atoms with Gasteiger partial charge in [0.25, 0.3) is 8.32 Å². The highest BCUT2D eigenvalue weighted by atomic mass is 79.9. The minimum absolute atomic E-state index is 0.000879. The van der Waals surface area contributed by atoms with Gasteiger partial charge in [-0.25, -0.2) is 0 Å². The van der Waals surface area contributed by atoms with Crippen LogP contribution < -0.4 is 10.4 Å². The molecule has 0 N–H and O–H groups in total. The molecule has 138 valence electrons. The van der Waals surface area contributed by atoms with Gasteiger partial charge in [-0.05, 0) is 19.9 Å². The van der Waals surface area contributed by atoms with Crippen LogP contribution in [-0.4, -0.2) is 27.1 Å². The smallest absolute Gasteiger partial charge is 0.261 e. The molecule has 0 aromatic heterocycles. The normalized spacial score (nSPS) is 20.0. The zero-order valence-electron chi connectivity index (χ0n) is 15.7. The van der Waals surface area contributed by atoms with Gasteiger partial charge in [0, 0.05) is 6.42 Å². The van der Waals surface area contributed by atoms with Crippen molar-refractivity contribution in [3.05, 3.63) is 71.7 Å². The lowest BCUT2D eigenvalue weighted by molar-refractivity contribution is 0.248. The fourth-order valence-electron chi connectivity index (χ4n) is 3.69. The van der Waals surface area contributed by atoms with E-state index in [0.29, 0.717) is 6.61 Å². The largest absolute Gasteiger partial charge is 0.405 e. The average molecular weight is 431 g/mol. The lowest BCUT2D eigenvalue weighted by Crippen LogP contribution is -2.66. The van der Waals surface area contributed by atoms with Crippen molar-refractivity contribution in [1.29, 1.82) is 0 Å². The third-order valence-corrected chi connectivity index (χ3v) is 10.3. The Bertz CT molecular complexity index is 700. The second-order valence-electron chi connectivity index (χ2n) is 7.91. The van der Waals surface area contributed by atoms with E-state index in [-0.39, 0.29) is 17.2 Å². The number of rotatable bonds is 7. The quantitative estimate of drug-likeness (QED) is 0.471. The van der Waals surface area contributed by atoms with Crippen molar-refractivity contribution in [3.63, 3.8) is 0 Å². The first-order valence-electron chi connectivity index (χ1n) is 9.08. The predicted molar refractivity (Wildman–Crippen MR) is 115 cm³/mol. The molecular formula is C22H27BrO2Si. The van der Waals surface area contributed by atoms with Crippen molar-refractivity contribution in [2.75, 3.05) is 6.61 Å². The van der Waals surface area contributed by atoms with Crippen LogP contribution in [0.2, 0.25) is 5.04 Å². The Hall–Kier alpha value is -1.20. The molecule has 2 atom stereocenters. The van der Waals surface area contributed by atoms with Gasteiger partial charge in [-0.15, -0.1) is 0 Å². The SMILES string of the molecule is C=C(Br)C[C@@H]1O[C@H]1CO[Si](c1ccccc1)(c1ccccc1)C(C)(C)C. The lowest BCUT2D eigenvalue weighted by Gasteiger charge is -2.43. The van der Waals surface area contributed by atoms with Gasteiger partial charge in [0.05, 0.1) is 12.7 Å². The van der Waals surface area contributed by atoms with Crippen LogP contribution >= 0.6 is 15.9 Å². The second-order valence-corrected chi connectivity index (χ2v) is 13.3. The highest BCUT2D eigenvalue weighted by molar-refractivity contribution is 9.11. The Morgan fingerprint density at radius 3 is 1.92 bits per heavy atom. The Kier molecular flexibility index (Phi) is 5.87. The Balaban J connectivity index is 1.95. The van der Waals surface area contributed by atoms with Crippen LogP contribution in [0, 0.1) is 0 Å². The minimum Gasteiger partial charge on any atom is -0.405 e. The summed E-state index contributed by atoms with van der Waals surface area (Å²) in [4.78, 5) is 0. The summed E-state index contributed by atoms with van der Waals surface area (Å²) < 4.78 is 13.7. The highest BCUT2D eigenvalue weighted by Crippen LogP contribution is 2.38. The first-order chi connectivity index (χ1) is 12.3. The predicted octanol–water partition coefficient (Wildman–Crippen LogP) is 4.63. The van der Waals surface area contributed by atoms with Crippen molar-refractivity contribution in [2.45, 2.75) is 44.4 Å². The molecule has 26 heavy (non-hydrogen) atoms. The first-order valence-corrected chi connectivity index (χ1v) is 11.8. The second kappa shape index (κ2) is 7.81. The Labute approximate surface area is 166 Å². The molecular weight excluding hydrogens is 404 g/mol. The fourth-order valence-corrected chi connectivity index (χ4v) is 8.58. The fraction of sp³-hybridized carbons (Fsp3) is 0.364. The number of epoxide rings is 1. The molecule has 1 heterocycles. The molecule has 2 aromatic carbocycles. The maximum atomic E-state index is 6.87. The summed E-state index contributed by atoms with van der Waals surface area (Å²) in [6.07, 6.45) is 1.22. The van der Waals surface area contributed by atoms with E-state index in [9.17, 15) is 0 Å². The highest BCUT2D eigenvalue weighted by Gasteiger charge is 2.52. The summed E-state index contributed by atoms with van der Waals surface area (Å²) in [6.45, 7) is 11.4. The average Bonchev–Trinajstić information content (AvgIpc) is 3.33. The van der Waals surface area contributed by atoms with Crippen LogP contribution in [-0.2, 0) is 9.16 Å². The summed E-state index contributed by atoms with van der Waals surface area (Å²) in [7, 11) is -2.46. The molecule has 1 aliphatic heterocycles. The van der Waals surface area contributed by atoms with E-state index in [1.54, 1.807) is 0 Å². The van der Waals surface area contributed by atoms with Crippen LogP contribution in [0.1, 0.15) is 27.2 Å². The minimum atomic E-state index is -2.46. The van der Waals surface area contributed by atoms with Crippen molar-refractivity contribution in [3.8, 4) is 0 Å². The monoisotopic (exact) mass is 430 g/mol. The van der Waals surface area contributed by atoms with E-state index < -0.39 is 8.32 Å². The van der Waals surface area contributed by atoms with Gasteiger partial charge >= 0.3 is 0 Å². The molecule has 0 spiro atoms. The van der Waals surface area contributed by atoms with Gasteiger partial charge in [-0.1, -0.05) is 104 Å². The molecule has 1 saturated heterocycles. The summed E-state index contributed by atoms with van der Waals surface area (Å²) in [5.74, 6) is 0. The molecule has 0 saturated carbocycles. The number of hydrogen-bond donors (Lipinski definition) is 0.